The van der Waals surface area contributed by atoms with Gasteiger partial charge in [0.1, 0.15) is 0 Å². The molecule has 0 bridgehead atoms. The Kier molecular flexibility index (Phi) is 4.61. The van der Waals surface area contributed by atoms with Crippen molar-refractivity contribution >= 4 is 5.69 Å². The summed E-state index contributed by atoms with van der Waals surface area (Å²) in [6.07, 6.45) is 3.54. The van der Waals surface area contributed by atoms with E-state index < -0.39 is 0 Å². The molecule has 2 rings (SSSR count). The summed E-state index contributed by atoms with van der Waals surface area (Å²) in [6, 6.07) is 9.77. The molecule has 1 aromatic heterocycles. The van der Waals surface area contributed by atoms with Crippen molar-refractivity contribution < 1.29 is 9.47 Å². The molecule has 0 saturated carbocycles. The Balaban J connectivity index is 2.13. The Labute approximate surface area is 113 Å². The monoisotopic (exact) mass is 258 g/mol. The van der Waals surface area contributed by atoms with Gasteiger partial charge in [-0.3, -0.25) is 4.98 Å². The Morgan fingerprint density at radius 1 is 1.21 bits per heavy atom. The van der Waals surface area contributed by atoms with Crippen LogP contribution in [0.2, 0.25) is 0 Å². The second-order valence-corrected chi connectivity index (χ2v) is 3.98. The third-order valence-corrected chi connectivity index (χ3v) is 2.71. The molecule has 4 heteroatoms. The van der Waals surface area contributed by atoms with E-state index >= 15 is 0 Å². The zero-order valence-corrected chi connectivity index (χ0v) is 11.2. The maximum atomic E-state index is 5.56. The van der Waals surface area contributed by atoms with Crippen molar-refractivity contribution in [3.8, 4) is 11.5 Å². The number of nitrogens with one attached hydrogen (secondary N) is 1. The molecule has 1 N–H and O–H groups in total. The fourth-order valence-electron chi connectivity index (χ4n) is 1.87. The first-order valence-corrected chi connectivity index (χ1v) is 6.27. The molecule has 4 nitrogen and oxygen atoms in total. The molecule has 0 atom stereocenters. The molecule has 19 heavy (non-hydrogen) atoms. The van der Waals surface area contributed by atoms with E-state index in [0.717, 1.165) is 22.7 Å². The molecule has 0 spiro atoms. The summed E-state index contributed by atoms with van der Waals surface area (Å²) in [5.41, 5.74) is 2.03. The van der Waals surface area contributed by atoms with Gasteiger partial charge in [-0.1, -0.05) is 12.1 Å². The van der Waals surface area contributed by atoms with Gasteiger partial charge in [0.05, 0.1) is 19.4 Å². The number of hydrogen-bond acceptors (Lipinski definition) is 4. The molecule has 0 aliphatic rings. The van der Waals surface area contributed by atoms with Crippen LogP contribution >= 0.6 is 0 Å². The topological polar surface area (TPSA) is 43.4 Å². The maximum Gasteiger partial charge on any atom is 0.165 e. The third kappa shape index (κ3) is 3.37. The van der Waals surface area contributed by atoms with Crippen molar-refractivity contribution in [2.24, 2.45) is 0 Å². The van der Waals surface area contributed by atoms with Gasteiger partial charge in [-0.05, 0) is 25.1 Å². The summed E-state index contributed by atoms with van der Waals surface area (Å²) in [4.78, 5) is 4.07. The van der Waals surface area contributed by atoms with Crippen LogP contribution in [0.1, 0.15) is 12.5 Å². The number of aromatic nitrogens is 1. The molecule has 2 aromatic rings. The minimum Gasteiger partial charge on any atom is -0.493 e. The SMILES string of the molecule is CCOc1cccc(CNc2cccnc2)c1OC. The van der Waals surface area contributed by atoms with Gasteiger partial charge >= 0.3 is 0 Å². The first-order valence-electron chi connectivity index (χ1n) is 6.27. The highest BCUT2D eigenvalue weighted by molar-refractivity contribution is 5.49. The van der Waals surface area contributed by atoms with E-state index in [2.05, 4.69) is 10.3 Å². The van der Waals surface area contributed by atoms with Gasteiger partial charge in [0.15, 0.2) is 11.5 Å². The average molecular weight is 258 g/mol. The lowest BCUT2D eigenvalue weighted by Crippen LogP contribution is -2.04. The number of rotatable bonds is 6. The van der Waals surface area contributed by atoms with Crippen molar-refractivity contribution in [1.82, 2.24) is 4.98 Å². The molecular formula is C15H18N2O2. The van der Waals surface area contributed by atoms with Crippen LogP contribution in [0, 0.1) is 0 Å². The van der Waals surface area contributed by atoms with E-state index in [1.54, 1.807) is 19.5 Å². The van der Waals surface area contributed by atoms with Gasteiger partial charge in [0.2, 0.25) is 0 Å². The van der Waals surface area contributed by atoms with E-state index in [1.165, 1.54) is 0 Å². The fourth-order valence-corrected chi connectivity index (χ4v) is 1.87. The summed E-state index contributed by atoms with van der Waals surface area (Å²) >= 11 is 0. The lowest BCUT2D eigenvalue weighted by Gasteiger charge is -2.14. The number of pyridine rings is 1. The molecule has 0 unspecified atom stereocenters. The van der Waals surface area contributed by atoms with Gasteiger partial charge in [-0.25, -0.2) is 0 Å². The lowest BCUT2D eigenvalue weighted by molar-refractivity contribution is 0.309. The number of hydrogen-bond donors (Lipinski definition) is 1. The van der Waals surface area contributed by atoms with Crippen molar-refractivity contribution in [3.05, 3.63) is 48.3 Å². The second kappa shape index (κ2) is 6.64. The Morgan fingerprint density at radius 3 is 2.79 bits per heavy atom. The van der Waals surface area contributed by atoms with E-state index in [4.69, 9.17) is 9.47 Å². The smallest absolute Gasteiger partial charge is 0.165 e. The summed E-state index contributed by atoms with van der Waals surface area (Å²) in [6.45, 7) is 3.24. The number of benzene rings is 1. The average Bonchev–Trinajstić information content (AvgIpc) is 2.46. The van der Waals surface area contributed by atoms with Gasteiger partial charge in [0.25, 0.3) is 0 Å². The Morgan fingerprint density at radius 2 is 2.11 bits per heavy atom. The summed E-state index contributed by atoms with van der Waals surface area (Å²) in [5.74, 6) is 1.55. The van der Waals surface area contributed by atoms with Crippen LogP contribution in [0.25, 0.3) is 0 Å². The predicted molar refractivity (Wildman–Crippen MR) is 75.7 cm³/mol. The van der Waals surface area contributed by atoms with Crippen LogP contribution in [0.3, 0.4) is 0 Å². The number of anilines is 1. The van der Waals surface area contributed by atoms with Crippen molar-refractivity contribution in [1.29, 1.82) is 0 Å². The molecule has 100 valence electrons. The molecule has 0 aliphatic heterocycles. The molecule has 0 fully saturated rings. The number of methoxy groups -OCH3 is 1. The Bertz CT molecular complexity index is 515. The minimum absolute atomic E-state index is 0.621. The van der Waals surface area contributed by atoms with E-state index in [9.17, 15) is 0 Å². The van der Waals surface area contributed by atoms with Crippen LogP contribution in [0.4, 0.5) is 5.69 Å². The molecular weight excluding hydrogens is 240 g/mol. The molecule has 0 amide bonds. The molecule has 0 saturated heterocycles. The van der Waals surface area contributed by atoms with Crippen molar-refractivity contribution in [3.63, 3.8) is 0 Å². The van der Waals surface area contributed by atoms with Crippen LogP contribution in [0.15, 0.2) is 42.7 Å². The highest BCUT2D eigenvalue weighted by atomic mass is 16.5. The standard InChI is InChI=1S/C15H18N2O2/c1-3-19-14-8-4-6-12(15(14)18-2)10-17-13-7-5-9-16-11-13/h4-9,11,17H,3,10H2,1-2H3. The zero-order valence-electron chi connectivity index (χ0n) is 11.2. The van der Waals surface area contributed by atoms with Gasteiger partial charge < -0.3 is 14.8 Å². The number of ether oxygens (including phenoxy) is 2. The van der Waals surface area contributed by atoms with Gasteiger partial charge in [-0.15, -0.1) is 0 Å². The number of para-hydroxylation sites is 1. The highest BCUT2D eigenvalue weighted by Crippen LogP contribution is 2.31. The van der Waals surface area contributed by atoms with Gasteiger partial charge in [-0.2, -0.15) is 0 Å². The van der Waals surface area contributed by atoms with Gasteiger partial charge in [0, 0.05) is 24.5 Å². The van der Waals surface area contributed by atoms with E-state index in [1.807, 2.05) is 37.3 Å². The molecule has 0 aliphatic carbocycles. The number of nitrogens with zero attached hydrogens (tertiary/aromatic N) is 1. The summed E-state index contributed by atoms with van der Waals surface area (Å²) in [7, 11) is 1.66. The summed E-state index contributed by atoms with van der Waals surface area (Å²) < 4.78 is 11.0. The predicted octanol–water partition coefficient (Wildman–Crippen LogP) is 3.10. The quantitative estimate of drug-likeness (QED) is 0.864. The van der Waals surface area contributed by atoms with Crippen LogP contribution in [0.5, 0.6) is 11.5 Å². The van der Waals surface area contributed by atoms with Crippen LogP contribution in [-0.2, 0) is 6.54 Å². The molecule has 0 radical (unpaired) electrons. The fraction of sp³-hybridized carbons (Fsp3) is 0.267. The van der Waals surface area contributed by atoms with Crippen molar-refractivity contribution in [2.75, 3.05) is 19.0 Å². The largest absolute Gasteiger partial charge is 0.493 e. The van der Waals surface area contributed by atoms with E-state index in [0.29, 0.717) is 13.2 Å². The Hall–Kier alpha value is -2.23. The zero-order chi connectivity index (χ0) is 13.5. The highest BCUT2D eigenvalue weighted by Gasteiger charge is 2.09. The molecule has 1 aromatic carbocycles. The molecule has 1 heterocycles. The van der Waals surface area contributed by atoms with Crippen molar-refractivity contribution in [2.45, 2.75) is 13.5 Å². The third-order valence-electron chi connectivity index (χ3n) is 2.71. The minimum atomic E-state index is 0.621. The first kappa shape index (κ1) is 13.2. The maximum absolute atomic E-state index is 5.56. The lowest BCUT2D eigenvalue weighted by atomic mass is 10.2. The first-order chi connectivity index (χ1) is 9.35. The second-order valence-electron chi connectivity index (χ2n) is 3.98. The van der Waals surface area contributed by atoms with E-state index in [-0.39, 0.29) is 0 Å². The normalized spacial score (nSPS) is 10.0. The van der Waals surface area contributed by atoms with Crippen LogP contribution < -0.4 is 14.8 Å². The van der Waals surface area contributed by atoms with Crippen LogP contribution in [-0.4, -0.2) is 18.7 Å². The summed E-state index contributed by atoms with van der Waals surface area (Å²) in [5, 5.41) is 3.31.